The minimum atomic E-state index is -4.47. The second-order valence-electron chi connectivity index (χ2n) is 5.85. The number of ether oxygens (including phenoxy) is 3. The monoisotopic (exact) mass is 394 g/mol. The van der Waals surface area contributed by atoms with Gasteiger partial charge < -0.3 is 24.5 Å². The molecular weight excluding hydrogens is 377 g/mol. The van der Waals surface area contributed by atoms with Crippen LogP contribution in [0.4, 0.5) is 18.9 Å². The molecule has 28 heavy (non-hydrogen) atoms. The van der Waals surface area contributed by atoms with E-state index in [0.717, 1.165) is 6.07 Å². The Morgan fingerprint density at radius 1 is 0.964 bits per heavy atom. The van der Waals surface area contributed by atoms with E-state index in [2.05, 4.69) is 10.3 Å². The second kappa shape index (κ2) is 7.34. The molecule has 0 aliphatic rings. The number of amides is 1. The third-order valence-electron chi connectivity index (χ3n) is 4.11. The van der Waals surface area contributed by atoms with Crippen molar-refractivity contribution in [2.24, 2.45) is 0 Å². The van der Waals surface area contributed by atoms with E-state index in [4.69, 9.17) is 14.2 Å². The summed E-state index contributed by atoms with van der Waals surface area (Å²) in [5.41, 5.74) is 0.0485. The lowest BCUT2D eigenvalue weighted by Crippen LogP contribution is -2.12. The van der Waals surface area contributed by atoms with Gasteiger partial charge >= 0.3 is 6.18 Å². The molecule has 2 N–H and O–H groups in total. The second-order valence-corrected chi connectivity index (χ2v) is 5.85. The first kappa shape index (κ1) is 19.4. The Bertz CT molecular complexity index is 1000. The van der Waals surface area contributed by atoms with Crippen LogP contribution in [0.25, 0.3) is 10.9 Å². The van der Waals surface area contributed by atoms with Gasteiger partial charge in [0, 0.05) is 22.2 Å². The predicted octanol–water partition coefficient (Wildman–Crippen LogP) is 4.46. The van der Waals surface area contributed by atoms with E-state index < -0.39 is 17.8 Å². The molecule has 0 fully saturated rings. The van der Waals surface area contributed by atoms with Crippen molar-refractivity contribution in [2.45, 2.75) is 6.18 Å². The maximum absolute atomic E-state index is 12.8. The van der Waals surface area contributed by atoms with Crippen LogP contribution < -0.4 is 19.5 Å². The minimum absolute atomic E-state index is 0.236. The Kier molecular flexibility index (Phi) is 5.08. The molecule has 148 valence electrons. The van der Waals surface area contributed by atoms with E-state index in [1.165, 1.54) is 51.7 Å². The van der Waals surface area contributed by atoms with Gasteiger partial charge in [-0.05, 0) is 36.4 Å². The van der Waals surface area contributed by atoms with Gasteiger partial charge in [0.25, 0.3) is 5.91 Å². The van der Waals surface area contributed by atoms with Gasteiger partial charge in [-0.15, -0.1) is 0 Å². The fraction of sp³-hybridized carbons (Fsp3) is 0.211. The zero-order valence-electron chi connectivity index (χ0n) is 15.2. The molecule has 9 heteroatoms. The number of carbonyl (C=O) groups excluding carboxylic acids is 1. The summed E-state index contributed by atoms with van der Waals surface area (Å²) in [6.45, 7) is 0. The molecule has 0 bridgehead atoms. The highest BCUT2D eigenvalue weighted by atomic mass is 19.4. The lowest BCUT2D eigenvalue weighted by Gasteiger charge is -2.14. The van der Waals surface area contributed by atoms with Crippen molar-refractivity contribution in [1.29, 1.82) is 0 Å². The van der Waals surface area contributed by atoms with E-state index in [1.807, 2.05) is 0 Å². The summed E-state index contributed by atoms with van der Waals surface area (Å²) in [7, 11) is 4.30. The largest absolute Gasteiger partial charge is 0.493 e. The molecule has 1 heterocycles. The first-order valence-corrected chi connectivity index (χ1v) is 8.08. The van der Waals surface area contributed by atoms with Crippen LogP contribution >= 0.6 is 0 Å². The Morgan fingerprint density at radius 2 is 1.61 bits per heavy atom. The average molecular weight is 394 g/mol. The van der Waals surface area contributed by atoms with Crippen LogP contribution in [0, 0.1) is 0 Å². The number of anilines is 1. The zero-order chi connectivity index (χ0) is 20.5. The molecule has 3 aromatic rings. The SMILES string of the molecule is COc1cc(C(=O)Nc2ccc3[nH]c(C(F)(F)F)cc3c2)cc(OC)c1OC. The van der Waals surface area contributed by atoms with Crippen molar-refractivity contribution in [2.75, 3.05) is 26.6 Å². The van der Waals surface area contributed by atoms with Gasteiger partial charge in [0.2, 0.25) is 5.75 Å². The fourth-order valence-electron chi connectivity index (χ4n) is 2.78. The number of alkyl halides is 3. The number of hydrogen-bond acceptors (Lipinski definition) is 4. The molecule has 6 nitrogen and oxygen atoms in total. The van der Waals surface area contributed by atoms with Crippen molar-refractivity contribution >= 4 is 22.5 Å². The highest BCUT2D eigenvalue weighted by molar-refractivity contribution is 6.06. The normalized spacial score (nSPS) is 11.4. The van der Waals surface area contributed by atoms with Gasteiger partial charge in [0.1, 0.15) is 5.69 Å². The Balaban J connectivity index is 1.90. The predicted molar refractivity (Wildman–Crippen MR) is 97.4 cm³/mol. The molecule has 0 aliphatic carbocycles. The van der Waals surface area contributed by atoms with Gasteiger partial charge in [0.15, 0.2) is 11.5 Å². The average Bonchev–Trinajstić information content (AvgIpc) is 3.10. The van der Waals surface area contributed by atoms with E-state index in [-0.39, 0.29) is 5.56 Å². The van der Waals surface area contributed by atoms with Crippen molar-refractivity contribution in [3.05, 3.63) is 47.7 Å². The first-order chi connectivity index (χ1) is 13.3. The van der Waals surface area contributed by atoms with Gasteiger partial charge in [-0.3, -0.25) is 4.79 Å². The molecular formula is C19H17F3N2O4. The lowest BCUT2D eigenvalue weighted by molar-refractivity contribution is -0.140. The molecule has 3 rings (SSSR count). The number of rotatable bonds is 5. The maximum Gasteiger partial charge on any atom is 0.431 e. The molecule has 0 radical (unpaired) electrons. The van der Waals surface area contributed by atoms with E-state index in [9.17, 15) is 18.0 Å². The van der Waals surface area contributed by atoms with Gasteiger partial charge in [0.05, 0.1) is 21.3 Å². The van der Waals surface area contributed by atoms with Crippen LogP contribution in [-0.2, 0) is 6.18 Å². The number of fused-ring (bicyclic) bond motifs is 1. The Hall–Kier alpha value is -3.36. The van der Waals surface area contributed by atoms with E-state index in [1.54, 1.807) is 0 Å². The molecule has 0 aliphatic heterocycles. The van der Waals surface area contributed by atoms with Crippen LogP contribution in [0.1, 0.15) is 16.1 Å². The molecule has 0 saturated carbocycles. The molecule has 1 aromatic heterocycles. The Labute approximate surface area is 158 Å². The molecule has 2 aromatic carbocycles. The van der Waals surface area contributed by atoms with Crippen molar-refractivity contribution in [3.63, 3.8) is 0 Å². The number of halogens is 3. The number of aromatic amines is 1. The summed E-state index contributed by atoms with van der Waals surface area (Å²) in [5.74, 6) is 0.478. The van der Waals surface area contributed by atoms with Crippen LogP contribution in [0.5, 0.6) is 17.2 Å². The van der Waals surface area contributed by atoms with Crippen molar-refractivity contribution in [3.8, 4) is 17.2 Å². The van der Waals surface area contributed by atoms with Crippen LogP contribution in [-0.4, -0.2) is 32.2 Å². The summed E-state index contributed by atoms with van der Waals surface area (Å²) in [6, 6.07) is 8.38. The quantitative estimate of drug-likeness (QED) is 0.670. The number of benzene rings is 2. The summed E-state index contributed by atoms with van der Waals surface area (Å²) in [6.07, 6.45) is -4.47. The molecule has 1 amide bonds. The lowest BCUT2D eigenvalue weighted by atomic mass is 10.1. The van der Waals surface area contributed by atoms with Gasteiger partial charge in [-0.25, -0.2) is 0 Å². The van der Waals surface area contributed by atoms with Crippen molar-refractivity contribution < 1.29 is 32.2 Å². The van der Waals surface area contributed by atoms with Gasteiger partial charge in [-0.1, -0.05) is 0 Å². The van der Waals surface area contributed by atoms with Crippen molar-refractivity contribution in [1.82, 2.24) is 4.98 Å². The fourth-order valence-corrected chi connectivity index (χ4v) is 2.78. The smallest absolute Gasteiger partial charge is 0.431 e. The third-order valence-corrected chi connectivity index (χ3v) is 4.11. The number of methoxy groups -OCH3 is 3. The molecule has 0 unspecified atom stereocenters. The van der Waals surface area contributed by atoms with E-state index in [0.29, 0.717) is 33.8 Å². The summed E-state index contributed by atoms with van der Waals surface area (Å²) in [4.78, 5) is 14.9. The highest BCUT2D eigenvalue weighted by Gasteiger charge is 2.32. The summed E-state index contributed by atoms with van der Waals surface area (Å²) < 4.78 is 54.1. The number of hydrogen-bond donors (Lipinski definition) is 2. The number of carbonyl (C=O) groups is 1. The van der Waals surface area contributed by atoms with Gasteiger partial charge in [-0.2, -0.15) is 13.2 Å². The summed E-state index contributed by atoms with van der Waals surface area (Å²) >= 11 is 0. The van der Waals surface area contributed by atoms with Crippen LogP contribution in [0.2, 0.25) is 0 Å². The topological polar surface area (TPSA) is 72.6 Å². The highest BCUT2D eigenvalue weighted by Crippen LogP contribution is 2.38. The number of nitrogens with one attached hydrogen (secondary N) is 2. The van der Waals surface area contributed by atoms with Crippen LogP contribution in [0.3, 0.4) is 0 Å². The Morgan fingerprint density at radius 3 is 2.14 bits per heavy atom. The molecule has 0 spiro atoms. The van der Waals surface area contributed by atoms with Crippen LogP contribution in [0.15, 0.2) is 36.4 Å². The maximum atomic E-state index is 12.8. The molecule has 0 saturated heterocycles. The zero-order valence-corrected chi connectivity index (χ0v) is 15.2. The molecule has 0 atom stereocenters. The first-order valence-electron chi connectivity index (χ1n) is 8.08. The van der Waals surface area contributed by atoms with E-state index >= 15 is 0 Å². The number of H-pyrrole nitrogens is 1. The number of aromatic nitrogens is 1. The summed E-state index contributed by atoms with van der Waals surface area (Å²) in [5, 5.41) is 2.98. The third kappa shape index (κ3) is 3.68. The standard InChI is InChI=1S/C19H17F3N2O4/c1-26-14-7-11(8-15(27-2)17(14)28-3)18(25)23-12-4-5-13-10(6-12)9-16(24-13)19(20,21)22/h4-9,24H,1-3H3,(H,23,25). The minimum Gasteiger partial charge on any atom is -0.493 e.